The molecule has 0 aromatic heterocycles. The van der Waals surface area contributed by atoms with E-state index in [0.717, 1.165) is 16.7 Å². The number of piperidine rings is 1. The molecular weight excluding hydrogens is 244 g/mol. The minimum absolute atomic E-state index is 0.233. The van der Waals surface area contributed by atoms with E-state index >= 15 is 0 Å². The van der Waals surface area contributed by atoms with E-state index in [2.05, 4.69) is 5.32 Å². The van der Waals surface area contributed by atoms with Crippen molar-refractivity contribution in [2.24, 2.45) is 0 Å². The molecule has 1 aromatic rings. The minimum atomic E-state index is -0.764. The Kier molecular flexibility index (Phi) is 2.88. The smallest absolute Gasteiger partial charge is 0.244 e. The third kappa shape index (κ3) is 1.95. The Bertz CT molecular complexity index is 556. The Morgan fingerprint density at radius 2 is 2.16 bits per heavy atom. The Hall–Kier alpha value is -1.72. The number of aryl methyl sites for hydroxylation is 1. The summed E-state index contributed by atoms with van der Waals surface area (Å²) in [6.45, 7) is 2.50. The maximum absolute atomic E-state index is 11.9. The quantitative estimate of drug-likeness (QED) is 0.726. The molecule has 0 radical (unpaired) electrons. The second-order valence-corrected chi connectivity index (χ2v) is 5.16. The van der Waals surface area contributed by atoms with Crippen LogP contribution in [0.2, 0.25) is 0 Å². The molecule has 2 heterocycles. The second kappa shape index (κ2) is 4.43. The lowest BCUT2D eigenvalue weighted by Crippen LogP contribution is -2.51. The first-order chi connectivity index (χ1) is 9.08. The normalized spacial score (nSPS) is 27.3. The topological polar surface area (TPSA) is 69.6 Å². The van der Waals surface area contributed by atoms with Crippen LogP contribution in [0.5, 0.6) is 0 Å². The number of rotatable bonds is 1. The summed E-state index contributed by atoms with van der Waals surface area (Å²) in [4.78, 5) is 24.8. The second-order valence-electron chi connectivity index (χ2n) is 5.16. The molecule has 0 saturated carbocycles. The predicted octanol–water partition coefficient (Wildman–Crippen LogP) is 0.607. The van der Waals surface area contributed by atoms with Gasteiger partial charge in [-0.25, -0.2) is 0 Å². The molecule has 2 amide bonds. The van der Waals surface area contributed by atoms with Gasteiger partial charge in [-0.1, -0.05) is 18.2 Å². The molecule has 3 rings (SSSR count). The van der Waals surface area contributed by atoms with Crippen molar-refractivity contribution in [3.05, 3.63) is 34.9 Å². The number of aliphatic hydroxyl groups is 1. The van der Waals surface area contributed by atoms with Crippen LogP contribution in [0.4, 0.5) is 0 Å². The number of hydrogen-bond donors (Lipinski definition) is 2. The fourth-order valence-corrected chi connectivity index (χ4v) is 2.98. The zero-order chi connectivity index (χ0) is 13.6. The first kappa shape index (κ1) is 12.3. The summed E-state index contributed by atoms with van der Waals surface area (Å²) in [5.41, 5.74) is 2.98. The lowest BCUT2D eigenvalue weighted by atomic mass is 10.0. The van der Waals surface area contributed by atoms with Gasteiger partial charge in [0, 0.05) is 18.5 Å². The summed E-state index contributed by atoms with van der Waals surface area (Å²) in [6.07, 6.45) is 0.0316. The molecule has 5 nitrogen and oxygen atoms in total. The van der Waals surface area contributed by atoms with Gasteiger partial charge in [0.1, 0.15) is 6.23 Å². The van der Waals surface area contributed by atoms with E-state index in [1.54, 1.807) is 4.90 Å². The van der Waals surface area contributed by atoms with Gasteiger partial charge < -0.3 is 5.11 Å². The molecule has 2 N–H and O–H groups in total. The molecule has 100 valence electrons. The number of amides is 2. The number of nitrogens with zero attached hydrogens (tertiary/aromatic N) is 1. The van der Waals surface area contributed by atoms with Crippen LogP contribution in [0.25, 0.3) is 0 Å². The molecule has 5 heteroatoms. The van der Waals surface area contributed by atoms with Crippen LogP contribution >= 0.6 is 0 Å². The van der Waals surface area contributed by atoms with Crippen LogP contribution in [0, 0.1) is 6.92 Å². The van der Waals surface area contributed by atoms with Crippen molar-refractivity contribution in [3.63, 3.8) is 0 Å². The Morgan fingerprint density at radius 1 is 1.37 bits per heavy atom. The third-order valence-corrected chi connectivity index (χ3v) is 3.95. The summed E-state index contributed by atoms with van der Waals surface area (Å²) < 4.78 is 0. The van der Waals surface area contributed by atoms with Crippen molar-refractivity contribution in [1.82, 2.24) is 10.2 Å². The highest BCUT2D eigenvalue weighted by molar-refractivity contribution is 6.00. The van der Waals surface area contributed by atoms with Gasteiger partial charge >= 0.3 is 0 Å². The first-order valence-electron chi connectivity index (χ1n) is 6.44. The van der Waals surface area contributed by atoms with E-state index in [4.69, 9.17) is 0 Å². The molecule has 0 aliphatic carbocycles. The fourth-order valence-electron chi connectivity index (χ4n) is 2.98. The van der Waals surface area contributed by atoms with Crippen LogP contribution in [0.3, 0.4) is 0 Å². The average Bonchev–Trinajstić information content (AvgIpc) is 2.68. The van der Waals surface area contributed by atoms with E-state index in [-0.39, 0.29) is 11.8 Å². The molecule has 0 bridgehead atoms. The van der Waals surface area contributed by atoms with Gasteiger partial charge in [0.2, 0.25) is 11.8 Å². The molecule has 1 saturated heterocycles. The summed E-state index contributed by atoms with van der Waals surface area (Å²) in [6, 6.07) is 5.45. The molecule has 2 unspecified atom stereocenters. The van der Waals surface area contributed by atoms with E-state index in [1.165, 1.54) is 0 Å². The standard InChI is InChI=1S/C14H16N2O3/c1-8-3-2-4-9-7-16(14(19)12(8)9)10-5-6-11(17)15-13(10)18/h2-4,10,14,19H,5-7H2,1H3,(H,15,17,18). The SMILES string of the molecule is Cc1cccc2c1C(O)N(C1CCC(=O)NC1=O)C2. The zero-order valence-corrected chi connectivity index (χ0v) is 10.7. The number of imide groups is 1. The number of aliphatic hydroxyl groups excluding tert-OH is 1. The molecule has 2 aliphatic heterocycles. The molecule has 1 fully saturated rings. The van der Waals surface area contributed by atoms with Gasteiger partial charge in [0.25, 0.3) is 0 Å². The average molecular weight is 260 g/mol. The van der Waals surface area contributed by atoms with Gasteiger partial charge in [-0.15, -0.1) is 0 Å². The van der Waals surface area contributed by atoms with Crippen molar-refractivity contribution < 1.29 is 14.7 Å². The van der Waals surface area contributed by atoms with Gasteiger partial charge in [-0.05, 0) is 24.5 Å². The van der Waals surface area contributed by atoms with E-state index < -0.39 is 12.3 Å². The van der Waals surface area contributed by atoms with Crippen LogP contribution in [0.1, 0.15) is 35.8 Å². The highest BCUT2D eigenvalue weighted by atomic mass is 16.3. The largest absolute Gasteiger partial charge is 0.374 e. The summed E-state index contributed by atoms with van der Waals surface area (Å²) in [5, 5.41) is 12.8. The van der Waals surface area contributed by atoms with Crippen molar-refractivity contribution >= 4 is 11.8 Å². The molecule has 2 atom stereocenters. The summed E-state index contributed by atoms with van der Waals surface area (Å²) >= 11 is 0. The van der Waals surface area contributed by atoms with Crippen molar-refractivity contribution in [2.45, 2.75) is 38.6 Å². The molecule has 1 aromatic carbocycles. The van der Waals surface area contributed by atoms with Crippen molar-refractivity contribution in [2.75, 3.05) is 0 Å². The monoisotopic (exact) mass is 260 g/mol. The van der Waals surface area contributed by atoms with Crippen LogP contribution in [-0.2, 0) is 16.1 Å². The zero-order valence-electron chi connectivity index (χ0n) is 10.7. The third-order valence-electron chi connectivity index (χ3n) is 3.95. The van der Waals surface area contributed by atoms with Crippen molar-refractivity contribution in [1.29, 1.82) is 0 Å². The summed E-state index contributed by atoms with van der Waals surface area (Å²) in [7, 11) is 0. The minimum Gasteiger partial charge on any atom is -0.374 e. The lowest BCUT2D eigenvalue weighted by molar-refractivity contribution is -0.141. The lowest BCUT2D eigenvalue weighted by Gasteiger charge is -2.31. The van der Waals surface area contributed by atoms with Gasteiger partial charge in [-0.3, -0.25) is 19.8 Å². The number of benzene rings is 1. The van der Waals surface area contributed by atoms with Gasteiger partial charge in [0.05, 0.1) is 6.04 Å². The highest BCUT2D eigenvalue weighted by Crippen LogP contribution is 2.36. The maximum atomic E-state index is 11.9. The molecule has 0 spiro atoms. The van der Waals surface area contributed by atoms with Gasteiger partial charge in [0.15, 0.2) is 0 Å². The van der Waals surface area contributed by atoms with E-state index in [9.17, 15) is 14.7 Å². The number of fused-ring (bicyclic) bond motifs is 1. The molecule has 2 aliphatic rings. The number of carbonyl (C=O) groups excluding carboxylic acids is 2. The van der Waals surface area contributed by atoms with Crippen molar-refractivity contribution in [3.8, 4) is 0 Å². The molecule has 19 heavy (non-hydrogen) atoms. The number of hydrogen-bond acceptors (Lipinski definition) is 4. The summed E-state index contributed by atoms with van der Waals surface area (Å²) in [5.74, 6) is -0.538. The van der Waals surface area contributed by atoms with Crippen LogP contribution in [-0.4, -0.2) is 27.9 Å². The first-order valence-corrected chi connectivity index (χ1v) is 6.44. The Morgan fingerprint density at radius 3 is 2.84 bits per heavy atom. The van der Waals surface area contributed by atoms with Gasteiger partial charge in [-0.2, -0.15) is 0 Å². The maximum Gasteiger partial charge on any atom is 0.244 e. The fraction of sp³-hybridized carbons (Fsp3) is 0.429. The predicted molar refractivity (Wildman–Crippen MR) is 67.9 cm³/mol. The van der Waals surface area contributed by atoms with Crippen LogP contribution in [0.15, 0.2) is 18.2 Å². The Labute approximate surface area is 111 Å². The Balaban J connectivity index is 1.88. The number of nitrogens with one attached hydrogen (secondary N) is 1. The van der Waals surface area contributed by atoms with E-state index in [1.807, 2.05) is 25.1 Å². The molecular formula is C14H16N2O3. The van der Waals surface area contributed by atoms with Crippen LogP contribution < -0.4 is 5.32 Å². The number of carbonyl (C=O) groups is 2. The highest BCUT2D eigenvalue weighted by Gasteiger charge is 2.40. The van der Waals surface area contributed by atoms with E-state index in [0.29, 0.717) is 19.4 Å².